The maximum atomic E-state index is 12.4. The van der Waals surface area contributed by atoms with E-state index in [2.05, 4.69) is 21.8 Å². The van der Waals surface area contributed by atoms with Gasteiger partial charge in [0.2, 0.25) is 0 Å². The molecule has 8 heteroatoms. The zero-order valence-corrected chi connectivity index (χ0v) is 19.2. The summed E-state index contributed by atoms with van der Waals surface area (Å²) in [5.41, 5.74) is 0.797. The lowest BCUT2D eigenvalue weighted by molar-refractivity contribution is -0.159. The van der Waals surface area contributed by atoms with Crippen molar-refractivity contribution < 1.29 is 19.1 Å². The number of ether oxygens (including phenoxy) is 2. The fourth-order valence-corrected chi connectivity index (χ4v) is 3.77. The summed E-state index contributed by atoms with van der Waals surface area (Å²) in [5.74, 6) is 0.849. The summed E-state index contributed by atoms with van der Waals surface area (Å²) in [6.45, 7) is 15.8. The monoisotopic (exact) mass is 418 g/mol. The molecule has 1 amide bonds. The van der Waals surface area contributed by atoms with Crippen molar-refractivity contribution in [3.05, 3.63) is 17.6 Å². The van der Waals surface area contributed by atoms with Gasteiger partial charge in [-0.05, 0) is 53.9 Å². The number of carbonyl (C=O) groups is 2. The molecule has 1 aliphatic carbocycles. The maximum absolute atomic E-state index is 12.4. The van der Waals surface area contributed by atoms with Gasteiger partial charge in [0.05, 0.1) is 11.1 Å². The number of fused-ring (bicyclic) bond motifs is 1. The maximum Gasteiger partial charge on any atom is 0.410 e. The quantitative estimate of drug-likeness (QED) is 0.678. The third-order valence-electron chi connectivity index (χ3n) is 5.35. The van der Waals surface area contributed by atoms with Gasteiger partial charge < -0.3 is 19.3 Å². The van der Waals surface area contributed by atoms with E-state index < -0.39 is 11.0 Å². The number of piperazine rings is 1. The summed E-state index contributed by atoms with van der Waals surface area (Å²) in [6.07, 6.45) is 1.63. The number of nitrogens with zero attached hydrogens (tertiary/aromatic N) is 4. The third kappa shape index (κ3) is 4.84. The van der Waals surface area contributed by atoms with Gasteiger partial charge in [-0.2, -0.15) is 0 Å². The van der Waals surface area contributed by atoms with Gasteiger partial charge in [0.15, 0.2) is 0 Å². The Labute approximate surface area is 178 Å². The Morgan fingerprint density at radius 1 is 1.03 bits per heavy atom. The van der Waals surface area contributed by atoms with E-state index in [1.54, 1.807) is 11.2 Å². The van der Waals surface area contributed by atoms with Crippen LogP contribution in [0.15, 0.2) is 6.33 Å². The summed E-state index contributed by atoms with van der Waals surface area (Å²) in [4.78, 5) is 37.7. The molecule has 0 aromatic carbocycles. The van der Waals surface area contributed by atoms with Crippen LogP contribution in [0.2, 0.25) is 0 Å². The van der Waals surface area contributed by atoms with Gasteiger partial charge in [-0.25, -0.2) is 14.8 Å². The van der Waals surface area contributed by atoms with Crippen molar-refractivity contribution >= 4 is 17.9 Å². The van der Waals surface area contributed by atoms with Crippen LogP contribution in [-0.4, -0.2) is 58.7 Å². The minimum atomic E-state index is -0.556. The Balaban J connectivity index is 1.72. The highest BCUT2D eigenvalue weighted by molar-refractivity contribution is 5.76. The zero-order valence-electron chi connectivity index (χ0n) is 19.2. The average molecular weight is 419 g/mol. The molecule has 0 bridgehead atoms. The van der Waals surface area contributed by atoms with Crippen molar-refractivity contribution in [1.82, 2.24) is 14.9 Å². The molecule has 1 aliphatic heterocycles. The number of carbonyl (C=O) groups excluding carboxylic acids is 2. The minimum absolute atomic E-state index is 0.192. The first-order valence-electron chi connectivity index (χ1n) is 10.7. The van der Waals surface area contributed by atoms with E-state index in [0.717, 1.165) is 17.1 Å². The van der Waals surface area contributed by atoms with E-state index in [0.29, 0.717) is 32.6 Å². The van der Waals surface area contributed by atoms with Gasteiger partial charge in [0.1, 0.15) is 23.9 Å². The molecule has 8 nitrogen and oxygen atoms in total. The van der Waals surface area contributed by atoms with Gasteiger partial charge in [-0.15, -0.1) is 0 Å². The summed E-state index contributed by atoms with van der Waals surface area (Å²) in [7, 11) is 0. The molecule has 166 valence electrons. The molecule has 1 saturated heterocycles. The molecule has 0 radical (unpaired) electrons. The van der Waals surface area contributed by atoms with Crippen molar-refractivity contribution in [3.63, 3.8) is 0 Å². The van der Waals surface area contributed by atoms with Gasteiger partial charge in [-0.1, -0.05) is 6.92 Å². The predicted molar refractivity (Wildman–Crippen MR) is 113 cm³/mol. The van der Waals surface area contributed by atoms with E-state index in [-0.39, 0.29) is 24.1 Å². The van der Waals surface area contributed by atoms with Crippen LogP contribution in [0.1, 0.15) is 78.2 Å². The first-order valence-corrected chi connectivity index (χ1v) is 10.7. The Morgan fingerprint density at radius 2 is 1.67 bits per heavy atom. The number of hydrogen-bond acceptors (Lipinski definition) is 7. The molecule has 1 aromatic rings. The van der Waals surface area contributed by atoms with E-state index in [9.17, 15) is 9.59 Å². The fourth-order valence-electron chi connectivity index (χ4n) is 3.77. The Kier molecular flexibility index (Phi) is 5.98. The molecule has 1 fully saturated rings. The number of esters is 1. The van der Waals surface area contributed by atoms with Gasteiger partial charge in [-0.3, -0.25) is 4.79 Å². The van der Waals surface area contributed by atoms with Crippen molar-refractivity contribution in [2.24, 2.45) is 5.41 Å². The number of anilines is 1. The van der Waals surface area contributed by atoms with Crippen LogP contribution in [0.4, 0.5) is 10.6 Å². The lowest BCUT2D eigenvalue weighted by Gasteiger charge is -2.37. The van der Waals surface area contributed by atoms with E-state index in [1.165, 1.54) is 0 Å². The highest BCUT2D eigenvalue weighted by atomic mass is 16.6. The molecule has 1 aromatic heterocycles. The van der Waals surface area contributed by atoms with Crippen molar-refractivity contribution in [2.45, 2.75) is 72.5 Å². The topological polar surface area (TPSA) is 84.9 Å². The highest BCUT2D eigenvalue weighted by Gasteiger charge is 2.38. The Hall–Kier alpha value is -2.38. The second kappa shape index (κ2) is 8.04. The summed E-state index contributed by atoms with van der Waals surface area (Å²) in [5, 5.41) is 0. The molecule has 0 unspecified atom stereocenters. The van der Waals surface area contributed by atoms with Gasteiger partial charge >= 0.3 is 12.1 Å². The first kappa shape index (κ1) is 22.3. The van der Waals surface area contributed by atoms with Crippen LogP contribution in [0.25, 0.3) is 0 Å². The smallest absolute Gasteiger partial charge is 0.410 e. The van der Waals surface area contributed by atoms with Crippen molar-refractivity contribution in [2.75, 3.05) is 31.1 Å². The normalized spacial score (nSPS) is 22.0. The fraction of sp³-hybridized carbons (Fsp3) is 0.727. The summed E-state index contributed by atoms with van der Waals surface area (Å²) in [6, 6.07) is 0. The Bertz CT molecular complexity index is 804. The lowest BCUT2D eigenvalue weighted by Crippen LogP contribution is -2.50. The first-order chi connectivity index (χ1) is 13.9. The molecule has 30 heavy (non-hydrogen) atoms. The van der Waals surface area contributed by atoms with Crippen molar-refractivity contribution in [3.8, 4) is 0 Å². The average Bonchev–Trinajstić information content (AvgIpc) is 2.95. The van der Waals surface area contributed by atoms with E-state index in [4.69, 9.17) is 9.47 Å². The van der Waals surface area contributed by atoms with Crippen LogP contribution in [0, 0.1) is 5.41 Å². The Morgan fingerprint density at radius 3 is 2.23 bits per heavy atom. The largest absolute Gasteiger partial charge is 0.455 e. The number of hydrogen-bond donors (Lipinski definition) is 0. The molecule has 2 atom stereocenters. The minimum Gasteiger partial charge on any atom is -0.455 e. The number of aromatic nitrogens is 2. The molecule has 0 spiro atoms. The molecular formula is C22H34N4O4. The van der Waals surface area contributed by atoms with Crippen LogP contribution < -0.4 is 4.90 Å². The zero-order chi connectivity index (χ0) is 22.3. The van der Waals surface area contributed by atoms with Crippen molar-refractivity contribution in [1.29, 1.82) is 0 Å². The summed E-state index contributed by atoms with van der Waals surface area (Å²) >= 11 is 0. The van der Waals surface area contributed by atoms with Crippen LogP contribution in [0.3, 0.4) is 0 Å². The van der Waals surface area contributed by atoms with E-state index >= 15 is 0 Å². The standard InChI is InChI=1S/C22H34N4O4/c1-14-12-15(29-19(27)21(2,3)4)17-16(14)18(24-13-23-17)25-8-10-26(11-9-25)20(28)30-22(5,6)7/h13-15H,8-12H2,1-7H3/t14-,15-/m1/s1. The van der Waals surface area contributed by atoms with Crippen LogP contribution in [0.5, 0.6) is 0 Å². The number of rotatable bonds is 2. The predicted octanol–water partition coefficient (Wildman–Crippen LogP) is 3.67. The summed E-state index contributed by atoms with van der Waals surface area (Å²) < 4.78 is 11.3. The molecule has 0 N–H and O–H groups in total. The molecule has 2 aliphatic rings. The van der Waals surface area contributed by atoms with Gasteiger partial charge in [0.25, 0.3) is 0 Å². The molecule has 2 heterocycles. The van der Waals surface area contributed by atoms with Crippen LogP contribution >= 0.6 is 0 Å². The molecule has 3 rings (SSSR count). The van der Waals surface area contributed by atoms with Gasteiger partial charge in [0, 0.05) is 31.7 Å². The SMILES string of the molecule is C[C@@H]1C[C@@H](OC(=O)C(C)(C)C)c2ncnc(N3CCN(C(=O)OC(C)(C)C)CC3)c21. The molecule has 0 saturated carbocycles. The second-order valence-electron chi connectivity index (χ2n) is 10.2. The van der Waals surface area contributed by atoms with E-state index in [1.807, 2.05) is 41.5 Å². The second-order valence-corrected chi connectivity index (χ2v) is 10.2. The third-order valence-corrected chi connectivity index (χ3v) is 5.35. The van der Waals surface area contributed by atoms with Crippen LogP contribution in [-0.2, 0) is 14.3 Å². The molecular weight excluding hydrogens is 384 g/mol. The number of amides is 1. The lowest BCUT2D eigenvalue weighted by atomic mass is 9.97. The highest BCUT2D eigenvalue weighted by Crippen LogP contribution is 2.45.